The molecule has 0 radical (unpaired) electrons. The molecule has 1 fully saturated rings. The van der Waals surface area contributed by atoms with Crippen molar-refractivity contribution in [2.75, 3.05) is 19.8 Å². The first-order chi connectivity index (χ1) is 14.4. The third-order valence-corrected chi connectivity index (χ3v) is 7.84. The number of hydrogen-bond donors (Lipinski definition) is 1. The number of nitrogens with zero attached hydrogens (tertiary/aromatic N) is 1. The number of hydrogen-bond acceptors (Lipinski definition) is 4. The van der Waals surface area contributed by atoms with Crippen molar-refractivity contribution in [3.8, 4) is 0 Å². The summed E-state index contributed by atoms with van der Waals surface area (Å²) in [4.78, 5) is 18.6. The number of para-hydroxylation sites is 1. The monoisotopic (exact) mass is 426 g/mol. The van der Waals surface area contributed by atoms with Crippen molar-refractivity contribution in [3.63, 3.8) is 0 Å². The molecule has 6 nitrogen and oxygen atoms in total. The second kappa shape index (κ2) is 8.24. The van der Waals surface area contributed by atoms with E-state index in [1.54, 1.807) is 26.0 Å². The van der Waals surface area contributed by atoms with Gasteiger partial charge in [-0.2, -0.15) is 0 Å². The number of sulfone groups is 1. The molecular weight excluding hydrogens is 400 g/mol. The third kappa shape index (κ3) is 3.87. The summed E-state index contributed by atoms with van der Waals surface area (Å²) in [6.45, 7) is 4.79. The first-order valence-corrected chi connectivity index (χ1v) is 11.7. The Bertz CT molecular complexity index is 1150. The molecule has 1 aliphatic rings. The molecule has 1 N–H and O–H groups in total. The van der Waals surface area contributed by atoms with Crippen LogP contribution in [-0.4, -0.2) is 55.3 Å². The van der Waals surface area contributed by atoms with E-state index in [9.17, 15) is 13.2 Å². The van der Waals surface area contributed by atoms with E-state index in [4.69, 9.17) is 4.74 Å². The summed E-state index contributed by atoms with van der Waals surface area (Å²) >= 11 is 0. The normalized spacial score (nSPS) is 17.6. The summed E-state index contributed by atoms with van der Waals surface area (Å²) in [6.07, 6.45) is 2.68. The zero-order chi connectivity index (χ0) is 21.3. The second-order valence-corrected chi connectivity index (χ2v) is 10.4. The highest BCUT2D eigenvalue weighted by atomic mass is 32.2. The molecule has 2 aromatic carbocycles. The fourth-order valence-corrected chi connectivity index (χ4v) is 4.93. The number of fused-ring (bicyclic) bond motifs is 1. The summed E-state index contributed by atoms with van der Waals surface area (Å²) in [5, 5.41) is 0.651. The zero-order valence-electron chi connectivity index (χ0n) is 17.2. The lowest BCUT2D eigenvalue weighted by atomic mass is 10.0. The predicted octanol–water partition coefficient (Wildman–Crippen LogP) is 3.43. The number of carbonyl (C=O) groups is 1. The number of H-pyrrole nitrogens is 1. The number of morpholine rings is 1. The number of aromatic nitrogens is 1. The summed E-state index contributed by atoms with van der Waals surface area (Å²) in [7, 11) is -3.36. The Labute approximate surface area is 176 Å². The van der Waals surface area contributed by atoms with Gasteiger partial charge in [-0.25, -0.2) is 8.42 Å². The minimum atomic E-state index is -3.36. The molecule has 0 aliphatic carbocycles. The van der Waals surface area contributed by atoms with E-state index >= 15 is 0 Å². The second-order valence-electron chi connectivity index (χ2n) is 7.91. The van der Waals surface area contributed by atoms with Crippen molar-refractivity contribution in [2.24, 2.45) is 0 Å². The van der Waals surface area contributed by atoms with Gasteiger partial charge < -0.3 is 14.6 Å². The van der Waals surface area contributed by atoms with E-state index in [0.29, 0.717) is 31.7 Å². The van der Waals surface area contributed by atoms with Gasteiger partial charge in [0.05, 0.1) is 29.4 Å². The van der Waals surface area contributed by atoms with Crippen LogP contribution in [-0.2, 0) is 21.0 Å². The summed E-state index contributed by atoms with van der Waals surface area (Å²) < 4.78 is 30.3. The Morgan fingerprint density at radius 2 is 1.90 bits per heavy atom. The number of ether oxygens (including phenoxy) is 1. The van der Waals surface area contributed by atoms with Crippen molar-refractivity contribution >= 4 is 26.6 Å². The lowest BCUT2D eigenvalue weighted by molar-refractivity contribution is -0.00156. The van der Waals surface area contributed by atoms with Gasteiger partial charge in [-0.05, 0) is 56.2 Å². The van der Waals surface area contributed by atoms with Crippen LogP contribution < -0.4 is 0 Å². The van der Waals surface area contributed by atoms with E-state index in [0.717, 1.165) is 16.5 Å². The van der Waals surface area contributed by atoms with E-state index in [2.05, 4.69) is 11.1 Å². The van der Waals surface area contributed by atoms with Crippen molar-refractivity contribution in [2.45, 2.75) is 36.5 Å². The average Bonchev–Trinajstić information content (AvgIpc) is 3.16. The minimum Gasteiger partial charge on any atom is -0.377 e. The van der Waals surface area contributed by atoms with Gasteiger partial charge in [-0.3, -0.25) is 4.79 Å². The van der Waals surface area contributed by atoms with Crippen LogP contribution in [0.2, 0.25) is 0 Å². The number of benzene rings is 2. The van der Waals surface area contributed by atoms with Gasteiger partial charge in [0, 0.05) is 29.2 Å². The largest absolute Gasteiger partial charge is 0.377 e. The van der Waals surface area contributed by atoms with Crippen molar-refractivity contribution in [1.29, 1.82) is 0 Å². The van der Waals surface area contributed by atoms with Crippen LogP contribution in [0, 0.1) is 0 Å². The van der Waals surface area contributed by atoms with Gasteiger partial charge >= 0.3 is 0 Å². The first kappa shape index (κ1) is 20.6. The van der Waals surface area contributed by atoms with Gasteiger partial charge in [0.15, 0.2) is 9.84 Å². The Balaban J connectivity index is 1.56. The van der Waals surface area contributed by atoms with Crippen LogP contribution in [0.15, 0.2) is 59.6 Å². The maximum atomic E-state index is 13.2. The summed E-state index contributed by atoms with van der Waals surface area (Å²) in [5.41, 5.74) is 2.71. The maximum Gasteiger partial charge on any atom is 0.254 e. The Hall–Kier alpha value is -2.64. The average molecular weight is 427 g/mol. The van der Waals surface area contributed by atoms with E-state index in [1.807, 2.05) is 29.3 Å². The van der Waals surface area contributed by atoms with Gasteiger partial charge in [-0.15, -0.1) is 0 Å². The van der Waals surface area contributed by atoms with E-state index in [1.165, 1.54) is 12.1 Å². The Morgan fingerprint density at radius 3 is 2.63 bits per heavy atom. The number of carbonyl (C=O) groups excluding carboxylic acids is 1. The number of amides is 1. The van der Waals surface area contributed by atoms with Crippen LogP contribution in [0.5, 0.6) is 0 Å². The van der Waals surface area contributed by atoms with Gasteiger partial charge in [0.25, 0.3) is 5.91 Å². The van der Waals surface area contributed by atoms with Crippen LogP contribution >= 0.6 is 0 Å². The summed E-state index contributed by atoms with van der Waals surface area (Å²) in [6, 6.07) is 14.3. The quantitative estimate of drug-likeness (QED) is 0.678. The highest BCUT2D eigenvalue weighted by Crippen LogP contribution is 2.23. The smallest absolute Gasteiger partial charge is 0.254 e. The molecule has 2 heterocycles. The minimum absolute atomic E-state index is 0.0791. The molecule has 0 bridgehead atoms. The molecule has 0 saturated carbocycles. The fraction of sp³-hybridized carbons (Fsp3) is 0.348. The molecule has 4 rings (SSSR count). The van der Waals surface area contributed by atoms with Crippen LogP contribution in [0.3, 0.4) is 0 Å². The molecule has 7 heteroatoms. The summed E-state index contributed by atoms with van der Waals surface area (Å²) in [5.74, 6) is -0.100. The van der Waals surface area contributed by atoms with Gasteiger partial charge in [0.1, 0.15) is 0 Å². The Morgan fingerprint density at radius 1 is 1.17 bits per heavy atom. The molecular formula is C23H26N2O4S. The number of aromatic amines is 1. The van der Waals surface area contributed by atoms with Gasteiger partial charge in [0.2, 0.25) is 0 Å². The Kier molecular flexibility index (Phi) is 5.66. The highest BCUT2D eigenvalue weighted by molar-refractivity contribution is 7.92. The maximum absolute atomic E-state index is 13.2. The van der Waals surface area contributed by atoms with Crippen LogP contribution in [0.25, 0.3) is 10.9 Å². The molecule has 1 atom stereocenters. The molecule has 1 aromatic heterocycles. The lowest BCUT2D eigenvalue weighted by Crippen LogP contribution is -2.49. The topological polar surface area (TPSA) is 79.5 Å². The number of rotatable bonds is 5. The van der Waals surface area contributed by atoms with Crippen molar-refractivity contribution in [3.05, 3.63) is 65.9 Å². The molecule has 1 aliphatic heterocycles. The molecule has 158 valence electrons. The third-order valence-electron chi connectivity index (χ3n) is 5.67. The van der Waals surface area contributed by atoms with E-state index in [-0.39, 0.29) is 16.8 Å². The molecule has 0 unspecified atom stereocenters. The van der Waals surface area contributed by atoms with Crippen LogP contribution in [0.1, 0.15) is 29.8 Å². The van der Waals surface area contributed by atoms with Gasteiger partial charge in [-0.1, -0.05) is 18.2 Å². The molecule has 1 saturated heterocycles. The predicted molar refractivity (Wildman–Crippen MR) is 116 cm³/mol. The number of nitrogens with one attached hydrogen (secondary N) is 1. The molecule has 0 spiro atoms. The molecule has 3 aromatic rings. The SMILES string of the molecule is CC(C)S(=O)(=O)c1ccc(C(=O)N2CCOC[C@H]2Cc2c[nH]c3ccccc23)cc1. The molecule has 30 heavy (non-hydrogen) atoms. The highest BCUT2D eigenvalue weighted by Gasteiger charge is 2.29. The van der Waals surface area contributed by atoms with Crippen LogP contribution in [0.4, 0.5) is 0 Å². The fourth-order valence-electron chi connectivity index (χ4n) is 3.87. The van der Waals surface area contributed by atoms with E-state index < -0.39 is 15.1 Å². The zero-order valence-corrected chi connectivity index (χ0v) is 18.0. The van der Waals surface area contributed by atoms with Crippen molar-refractivity contribution in [1.82, 2.24) is 9.88 Å². The molecule has 1 amide bonds. The lowest BCUT2D eigenvalue weighted by Gasteiger charge is -2.35. The standard InChI is InChI=1S/C23H26N2O4S/c1-16(2)30(27,28)20-9-7-17(8-10-20)23(26)25-11-12-29-15-19(25)13-18-14-24-22-6-4-3-5-21(18)22/h3-10,14,16,19,24H,11-13,15H2,1-2H3/t19-/m1/s1. The first-order valence-electron chi connectivity index (χ1n) is 10.2. The van der Waals surface area contributed by atoms with Crippen molar-refractivity contribution < 1.29 is 17.9 Å².